The first-order valence-electron chi connectivity index (χ1n) is 7.23. The predicted molar refractivity (Wildman–Crippen MR) is 90.5 cm³/mol. The third-order valence-corrected chi connectivity index (χ3v) is 3.70. The summed E-state index contributed by atoms with van der Waals surface area (Å²) in [6, 6.07) is 7.76. The van der Waals surface area contributed by atoms with E-state index in [2.05, 4.69) is 0 Å². The first-order valence-corrected chi connectivity index (χ1v) is 7.23. The smallest absolute Gasteiger partial charge is 0.225 e. The Morgan fingerprint density at radius 1 is 1.36 bits per heavy atom. The van der Waals surface area contributed by atoms with Gasteiger partial charge in [-0.25, -0.2) is 0 Å². The van der Waals surface area contributed by atoms with Crippen LogP contribution in [0.5, 0.6) is 5.75 Å². The first-order chi connectivity index (χ1) is 10.1. The zero-order valence-electron chi connectivity index (χ0n) is 13.7. The van der Waals surface area contributed by atoms with Crippen molar-refractivity contribution in [2.24, 2.45) is 5.73 Å². The van der Waals surface area contributed by atoms with E-state index in [1.807, 2.05) is 43.0 Å². The van der Waals surface area contributed by atoms with Crippen molar-refractivity contribution in [1.82, 2.24) is 4.90 Å². The Labute approximate surface area is 139 Å². The SMILES string of the molecule is CCN(C(=O)CC(CN)OC)C(C)c1cccc(OC)c1.Cl. The Hall–Kier alpha value is -1.30. The molecule has 5 nitrogen and oxygen atoms in total. The molecule has 0 heterocycles. The molecule has 6 heteroatoms. The van der Waals surface area contributed by atoms with Crippen LogP contribution in [0.4, 0.5) is 0 Å². The van der Waals surface area contributed by atoms with Gasteiger partial charge in [-0.2, -0.15) is 0 Å². The highest BCUT2D eigenvalue weighted by atomic mass is 35.5. The molecule has 0 saturated carbocycles. The number of nitrogens with zero attached hydrogens (tertiary/aromatic N) is 1. The maximum Gasteiger partial charge on any atom is 0.225 e. The van der Waals surface area contributed by atoms with Crippen LogP contribution in [0.2, 0.25) is 0 Å². The fourth-order valence-electron chi connectivity index (χ4n) is 2.32. The first kappa shape index (κ1) is 20.7. The minimum absolute atomic E-state index is 0. The molecule has 2 unspecified atom stereocenters. The number of rotatable bonds is 8. The molecule has 0 saturated heterocycles. The summed E-state index contributed by atoms with van der Waals surface area (Å²) in [6.07, 6.45) is 0.0684. The van der Waals surface area contributed by atoms with Crippen molar-refractivity contribution < 1.29 is 14.3 Å². The minimum atomic E-state index is -0.232. The molecule has 0 aliphatic heterocycles. The lowest BCUT2D eigenvalue weighted by molar-refractivity contribution is -0.135. The minimum Gasteiger partial charge on any atom is -0.497 e. The van der Waals surface area contributed by atoms with E-state index < -0.39 is 0 Å². The number of methoxy groups -OCH3 is 2. The summed E-state index contributed by atoms with van der Waals surface area (Å²) in [4.78, 5) is 14.3. The van der Waals surface area contributed by atoms with Crippen molar-refractivity contribution in [2.75, 3.05) is 27.3 Å². The molecule has 0 spiro atoms. The van der Waals surface area contributed by atoms with E-state index in [4.69, 9.17) is 15.2 Å². The summed E-state index contributed by atoms with van der Waals surface area (Å²) >= 11 is 0. The van der Waals surface area contributed by atoms with Crippen LogP contribution in [0.15, 0.2) is 24.3 Å². The number of carbonyl (C=O) groups is 1. The number of carbonyl (C=O) groups excluding carboxylic acids is 1. The van der Waals surface area contributed by atoms with Gasteiger partial charge in [0.05, 0.1) is 25.7 Å². The molecule has 1 rings (SSSR count). The van der Waals surface area contributed by atoms with E-state index in [1.54, 1.807) is 14.2 Å². The van der Waals surface area contributed by atoms with Crippen LogP contribution in [-0.2, 0) is 9.53 Å². The molecular formula is C16H27ClN2O3. The zero-order chi connectivity index (χ0) is 15.8. The van der Waals surface area contributed by atoms with E-state index in [-0.39, 0.29) is 30.5 Å². The van der Waals surface area contributed by atoms with E-state index in [0.29, 0.717) is 19.5 Å². The van der Waals surface area contributed by atoms with Gasteiger partial charge in [0.15, 0.2) is 0 Å². The Balaban J connectivity index is 0.00000441. The van der Waals surface area contributed by atoms with Gasteiger partial charge in [-0.15, -0.1) is 12.4 Å². The number of hydrogen-bond acceptors (Lipinski definition) is 4. The Bertz CT molecular complexity index is 453. The normalized spacial score (nSPS) is 13.0. The number of hydrogen-bond donors (Lipinski definition) is 1. The third-order valence-electron chi connectivity index (χ3n) is 3.70. The van der Waals surface area contributed by atoms with Gasteiger partial charge in [0.2, 0.25) is 5.91 Å². The Morgan fingerprint density at radius 2 is 2.05 bits per heavy atom. The van der Waals surface area contributed by atoms with Crippen LogP contribution in [0, 0.1) is 0 Å². The van der Waals surface area contributed by atoms with Gasteiger partial charge in [-0.3, -0.25) is 4.79 Å². The fraction of sp³-hybridized carbons (Fsp3) is 0.562. The molecule has 0 aliphatic rings. The number of amides is 1. The highest BCUT2D eigenvalue weighted by Crippen LogP contribution is 2.24. The van der Waals surface area contributed by atoms with Gasteiger partial charge >= 0.3 is 0 Å². The second kappa shape index (κ2) is 10.4. The second-order valence-electron chi connectivity index (χ2n) is 4.93. The van der Waals surface area contributed by atoms with Gasteiger partial charge in [0.25, 0.3) is 0 Å². The topological polar surface area (TPSA) is 64.8 Å². The zero-order valence-corrected chi connectivity index (χ0v) is 14.6. The molecule has 2 atom stereocenters. The Kier molecular flexibility index (Phi) is 9.81. The average Bonchev–Trinajstić information content (AvgIpc) is 2.53. The van der Waals surface area contributed by atoms with Gasteiger partial charge in [-0.05, 0) is 31.5 Å². The summed E-state index contributed by atoms with van der Waals surface area (Å²) in [6.45, 7) is 4.96. The van der Waals surface area contributed by atoms with E-state index >= 15 is 0 Å². The van der Waals surface area contributed by atoms with Gasteiger partial charge < -0.3 is 20.1 Å². The molecule has 0 radical (unpaired) electrons. The number of benzene rings is 1. The maximum atomic E-state index is 12.4. The van der Waals surface area contributed by atoms with Crippen molar-refractivity contribution in [3.05, 3.63) is 29.8 Å². The molecule has 0 aromatic heterocycles. The van der Waals surface area contributed by atoms with Crippen molar-refractivity contribution in [3.63, 3.8) is 0 Å². The number of halogens is 1. The molecule has 22 heavy (non-hydrogen) atoms. The standard InChI is InChI=1S/C16H26N2O3.ClH/c1-5-18(16(19)10-15(11-17)21-4)12(2)13-7-6-8-14(9-13)20-3;/h6-9,12,15H,5,10-11,17H2,1-4H3;1H. The summed E-state index contributed by atoms with van der Waals surface area (Å²) in [7, 11) is 3.21. The van der Waals surface area contributed by atoms with Crippen LogP contribution in [0.3, 0.4) is 0 Å². The summed E-state index contributed by atoms with van der Waals surface area (Å²) in [5.41, 5.74) is 6.63. The fourth-order valence-corrected chi connectivity index (χ4v) is 2.32. The summed E-state index contributed by atoms with van der Waals surface area (Å²) in [5.74, 6) is 0.838. The molecular weight excluding hydrogens is 304 g/mol. The van der Waals surface area contributed by atoms with Crippen LogP contribution in [-0.4, -0.2) is 44.2 Å². The van der Waals surface area contributed by atoms with Crippen LogP contribution < -0.4 is 10.5 Å². The molecule has 126 valence electrons. The molecule has 0 aliphatic carbocycles. The summed E-state index contributed by atoms with van der Waals surface area (Å²) < 4.78 is 10.4. The van der Waals surface area contributed by atoms with Crippen LogP contribution >= 0.6 is 12.4 Å². The van der Waals surface area contributed by atoms with E-state index in [0.717, 1.165) is 11.3 Å². The van der Waals surface area contributed by atoms with Gasteiger partial charge in [0.1, 0.15) is 5.75 Å². The second-order valence-corrected chi connectivity index (χ2v) is 4.93. The molecule has 1 aromatic carbocycles. The maximum absolute atomic E-state index is 12.4. The largest absolute Gasteiger partial charge is 0.497 e. The van der Waals surface area contributed by atoms with Crippen molar-refractivity contribution in [1.29, 1.82) is 0 Å². The van der Waals surface area contributed by atoms with Gasteiger partial charge in [-0.1, -0.05) is 12.1 Å². The highest BCUT2D eigenvalue weighted by Gasteiger charge is 2.22. The van der Waals surface area contributed by atoms with Crippen LogP contribution in [0.1, 0.15) is 31.9 Å². The molecule has 1 amide bonds. The van der Waals surface area contributed by atoms with Crippen LogP contribution in [0.25, 0.3) is 0 Å². The van der Waals surface area contributed by atoms with E-state index in [9.17, 15) is 4.79 Å². The number of ether oxygens (including phenoxy) is 2. The lowest BCUT2D eigenvalue weighted by Crippen LogP contribution is -2.37. The Morgan fingerprint density at radius 3 is 2.55 bits per heavy atom. The molecule has 0 fully saturated rings. The molecule has 2 N–H and O–H groups in total. The van der Waals surface area contributed by atoms with Crippen molar-refractivity contribution >= 4 is 18.3 Å². The summed E-state index contributed by atoms with van der Waals surface area (Å²) in [5, 5.41) is 0. The number of nitrogens with two attached hydrogens (primary N) is 1. The third kappa shape index (κ3) is 5.48. The molecule has 0 bridgehead atoms. The predicted octanol–water partition coefficient (Wildman–Crippen LogP) is 2.39. The van der Waals surface area contributed by atoms with Gasteiger partial charge in [0, 0.05) is 20.2 Å². The monoisotopic (exact) mass is 330 g/mol. The van der Waals surface area contributed by atoms with Crippen molar-refractivity contribution in [3.8, 4) is 5.75 Å². The molecule has 1 aromatic rings. The van der Waals surface area contributed by atoms with Crippen molar-refractivity contribution in [2.45, 2.75) is 32.4 Å². The lowest BCUT2D eigenvalue weighted by atomic mass is 10.1. The van der Waals surface area contributed by atoms with E-state index in [1.165, 1.54) is 0 Å². The highest BCUT2D eigenvalue weighted by molar-refractivity contribution is 5.85. The quantitative estimate of drug-likeness (QED) is 0.795. The average molecular weight is 331 g/mol. The lowest BCUT2D eigenvalue weighted by Gasteiger charge is -2.30.